The van der Waals surface area contributed by atoms with Gasteiger partial charge in [-0.15, -0.1) is 0 Å². The summed E-state index contributed by atoms with van der Waals surface area (Å²) in [4.78, 5) is 11.9. The molecule has 0 unspecified atom stereocenters. The van der Waals surface area contributed by atoms with Gasteiger partial charge >= 0.3 is 5.63 Å². The molecule has 1 heterocycles. The Balaban J connectivity index is 2.75. The van der Waals surface area contributed by atoms with E-state index in [0.717, 1.165) is 35.8 Å². The molecular weight excluding hydrogens is 231 g/mol. The van der Waals surface area contributed by atoms with Gasteiger partial charge in [-0.2, -0.15) is 0 Å². The number of rotatable bonds is 4. The van der Waals surface area contributed by atoms with Crippen LogP contribution in [0.4, 0.5) is 4.39 Å². The summed E-state index contributed by atoms with van der Waals surface area (Å²) in [6, 6.07) is 4.40. The number of halogens is 1. The summed E-state index contributed by atoms with van der Waals surface area (Å²) in [6.45, 7) is 4.10. The van der Waals surface area contributed by atoms with Crippen molar-refractivity contribution in [1.82, 2.24) is 0 Å². The Morgan fingerprint density at radius 3 is 2.44 bits per heavy atom. The topological polar surface area (TPSA) is 30.2 Å². The quantitative estimate of drug-likeness (QED) is 0.769. The number of benzene rings is 1. The lowest BCUT2D eigenvalue weighted by molar-refractivity contribution is 0.540. The molecule has 3 heteroatoms. The van der Waals surface area contributed by atoms with Crippen molar-refractivity contribution in [3.63, 3.8) is 0 Å². The Morgan fingerprint density at radius 1 is 1.11 bits per heavy atom. The van der Waals surface area contributed by atoms with E-state index < -0.39 is 0 Å². The first-order chi connectivity index (χ1) is 8.67. The standard InChI is InChI=1S/C15H17FO2/c1-3-5-11-12-8-7-10(16)9-14(12)18-15(17)13(11)6-4-2/h7-9H,3-6H2,1-2H3. The highest BCUT2D eigenvalue weighted by atomic mass is 19.1. The van der Waals surface area contributed by atoms with Crippen molar-refractivity contribution in [2.24, 2.45) is 0 Å². The molecule has 0 amide bonds. The predicted octanol–water partition coefficient (Wildman–Crippen LogP) is 3.84. The summed E-state index contributed by atoms with van der Waals surface area (Å²) in [5, 5.41) is 0.862. The second-order valence-electron chi connectivity index (χ2n) is 4.49. The minimum Gasteiger partial charge on any atom is -0.422 e. The lowest BCUT2D eigenvalue weighted by Crippen LogP contribution is -2.12. The number of fused-ring (bicyclic) bond motifs is 1. The number of hydrogen-bond donors (Lipinski definition) is 0. The van der Waals surface area contributed by atoms with Crippen LogP contribution in [0.1, 0.15) is 37.8 Å². The van der Waals surface area contributed by atoms with Crippen molar-refractivity contribution in [2.75, 3.05) is 0 Å². The molecule has 0 saturated heterocycles. The van der Waals surface area contributed by atoms with Gasteiger partial charge in [0.15, 0.2) is 0 Å². The van der Waals surface area contributed by atoms with Crippen molar-refractivity contribution >= 4 is 11.0 Å². The Morgan fingerprint density at radius 2 is 1.78 bits per heavy atom. The van der Waals surface area contributed by atoms with Crippen molar-refractivity contribution < 1.29 is 8.81 Å². The fourth-order valence-corrected chi connectivity index (χ4v) is 2.32. The molecule has 0 saturated carbocycles. The molecular formula is C15H17FO2. The zero-order chi connectivity index (χ0) is 13.1. The van der Waals surface area contributed by atoms with E-state index in [1.165, 1.54) is 12.1 Å². The predicted molar refractivity (Wildman–Crippen MR) is 70.4 cm³/mol. The maximum absolute atomic E-state index is 13.2. The van der Waals surface area contributed by atoms with Crippen LogP contribution >= 0.6 is 0 Å². The van der Waals surface area contributed by atoms with Gasteiger partial charge in [0.2, 0.25) is 0 Å². The van der Waals surface area contributed by atoms with Crippen molar-refractivity contribution in [3.8, 4) is 0 Å². The highest BCUT2D eigenvalue weighted by molar-refractivity contribution is 5.81. The molecule has 0 N–H and O–H groups in total. The van der Waals surface area contributed by atoms with Crippen LogP contribution in [0.2, 0.25) is 0 Å². The molecule has 0 bridgehead atoms. The highest BCUT2D eigenvalue weighted by Gasteiger charge is 2.13. The summed E-state index contributed by atoms with van der Waals surface area (Å²) in [7, 11) is 0. The first kappa shape index (κ1) is 12.8. The van der Waals surface area contributed by atoms with Crippen molar-refractivity contribution in [1.29, 1.82) is 0 Å². The van der Waals surface area contributed by atoms with Crippen molar-refractivity contribution in [2.45, 2.75) is 39.5 Å². The van der Waals surface area contributed by atoms with Crippen LogP contribution < -0.4 is 5.63 Å². The summed E-state index contributed by atoms with van der Waals surface area (Å²) in [5.41, 5.74) is 1.80. The van der Waals surface area contributed by atoms with Gasteiger partial charge < -0.3 is 4.42 Å². The second-order valence-corrected chi connectivity index (χ2v) is 4.49. The lowest BCUT2D eigenvalue weighted by atomic mass is 9.97. The fraction of sp³-hybridized carbons (Fsp3) is 0.400. The molecule has 96 valence electrons. The number of hydrogen-bond acceptors (Lipinski definition) is 2. The van der Waals surface area contributed by atoms with E-state index in [9.17, 15) is 9.18 Å². The first-order valence-electron chi connectivity index (χ1n) is 6.41. The normalized spacial score (nSPS) is 11.1. The van der Waals surface area contributed by atoms with E-state index >= 15 is 0 Å². The zero-order valence-electron chi connectivity index (χ0n) is 10.8. The maximum Gasteiger partial charge on any atom is 0.339 e. The van der Waals surface area contributed by atoms with E-state index in [-0.39, 0.29) is 11.4 Å². The van der Waals surface area contributed by atoms with Crippen LogP contribution in [-0.2, 0) is 12.8 Å². The summed E-state index contributed by atoms with van der Waals surface area (Å²) >= 11 is 0. The maximum atomic E-state index is 13.2. The minimum absolute atomic E-state index is 0.321. The molecule has 2 rings (SSSR count). The highest BCUT2D eigenvalue weighted by Crippen LogP contribution is 2.23. The second kappa shape index (κ2) is 5.34. The SMILES string of the molecule is CCCc1c(CCC)c2ccc(F)cc2oc1=O. The smallest absolute Gasteiger partial charge is 0.339 e. The van der Waals surface area contributed by atoms with Crippen LogP contribution in [-0.4, -0.2) is 0 Å². The van der Waals surface area contributed by atoms with Gasteiger partial charge in [0, 0.05) is 17.0 Å². The van der Waals surface area contributed by atoms with Gasteiger partial charge in [0.05, 0.1) is 0 Å². The van der Waals surface area contributed by atoms with E-state index in [4.69, 9.17) is 4.42 Å². The van der Waals surface area contributed by atoms with Gasteiger partial charge in [-0.3, -0.25) is 0 Å². The minimum atomic E-state index is -0.378. The van der Waals surface area contributed by atoms with Crippen molar-refractivity contribution in [3.05, 3.63) is 45.6 Å². The fourth-order valence-electron chi connectivity index (χ4n) is 2.32. The molecule has 0 atom stereocenters. The monoisotopic (exact) mass is 248 g/mol. The average molecular weight is 248 g/mol. The summed E-state index contributed by atoms with van der Waals surface area (Å²) in [6.07, 6.45) is 3.38. The molecule has 0 aliphatic rings. The van der Waals surface area contributed by atoms with E-state index in [2.05, 4.69) is 6.92 Å². The third kappa shape index (κ3) is 2.30. The van der Waals surface area contributed by atoms with E-state index in [0.29, 0.717) is 12.0 Å². The Kier molecular flexibility index (Phi) is 3.80. The third-order valence-electron chi connectivity index (χ3n) is 3.08. The van der Waals surface area contributed by atoms with E-state index in [1.807, 2.05) is 6.92 Å². The molecule has 1 aromatic carbocycles. The van der Waals surface area contributed by atoms with Gasteiger partial charge in [0.1, 0.15) is 11.4 Å². The molecule has 2 aromatic rings. The molecule has 0 radical (unpaired) electrons. The van der Waals surface area contributed by atoms with Gasteiger partial charge in [-0.1, -0.05) is 26.7 Å². The summed E-state index contributed by atoms with van der Waals surface area (Å²) < 4.78 is 18.4. The van der Waals surface area contributed by atoms with Crippen LogP contribution in [0.3, 0.4) is 0 Å². The molecule has 1 aromatic heterocycles. The average Bonchev–Trinajstić information content (AvgIpc) is 2.33. The Bertz CT molecular complexity index is 614. The molecule has 0 fully saturated rings. The molecule has 0 aliphatic heterocycles. The van der Waals surface area contributed by atoms with Gasteiger partial charge in [-0.25, -0.2) is 9.18 Å². The van der Waals surface area contributed by atoms with Crippen LogP contribution in [0, 0.1) is 5.82 Å². The Hall–Kier alpha value is -1.64. The van der Waals surface area contributed by atoms with Gasteiger partial charge in [0.25, 0.3) is 0 Å². The zero-order valence-corrected chi connectivity index (χ0v) is 10.8. The van der Waals surface area contributed by atoms with Gasteiger partial charge in [-0.05, 0) is 30.5 Å². The largest absolute Gasteiger partial charge is 0.422 e. The van der Waals surface area contributed by atoms with E-state index in [1.54, 1.807) is 6.07 Å². The van der Waals surface area contributed by atoms with Crippen LogP contribution in [0.15, 0.2) is 27.4 Å². The molecule has 0 aliphatic carbocycles. The van der Waals surface area contributed by atoms with Crippen LogP contribution in [0.25, 0.3) is 11.0 Å². The Labute approximate surface area is 105 Å². The number of aryl methyl sites for hydroxylation is 1. The molecule has 2 nitrogen and oxygen atoms in total. The molecule has 18 heavy (non-hydrogen) atoms. The summed E-state index contributed by atoms with van der Waals surface area (Å²) in [5.74, 6) is -0.378. The third-order valence-corrected chi connectivity index (χ3v) is 3.08. The molecule has 0 spiro atoms. The van der Waals surface area contributed by atoms with Crippen LogP contribution in [0.5, 0.6) is 0 Å². The lowest BCUT2D eigenvalue weighted by Gasteiger charge is -2.10. The first-order valence-corrected chi connectivity index (χ1v) is 6.41.